The Hall–Kier alpha value is -0.510. The number of fused-ring (bicyclic) bond motifs is 1. The summed E-state index contributed by atoms with van der Waals surface area (Å²) in [5.74, 6) is 0.122. The second-order valence-electron chi connectivity index (χ2n) is 4.57. The molecule has 0 spiro atoms. The molecular weight excluding hydrogens is 396 g/mol. The Labute approximate surface area is 131 Å². The largest absolute Gasteiger partial charge is 0.391 e. The van der Waals surface area contributed by atoms with Crippen LogP contribution in [0.1, 0.15) is 18.9 Å². The van der Waals surface area contributed by atoms with Gasteiger partial charge in [-0.25, -0.2) is 4.98 Å². The van der Waals surface area contributed by atoms with Crippen molar-refractivity contribution in [3.8, 4) is 0 Å². The summed E-state index contributed by atoms with van der Waals surface area (Å²) in [6.07, 6.45) is -5.59. The first-order valence-electron chi connectivity index (χ1n) is 5.88. The Morgan fingerprint density at radius 2 is 1.65 bits per heavy atom. The lowest BCUT2D eigenvalue weighted by Crippen LogP contribution is -2.39. The summed E-state index contributed by atoms with van der Waals surface area (Å²) < 4.78 is 1.63. The monoisotopic (exact) mass is 408 g/mol. The van der Waals surface area contributed by atoms with Crippen LogP contribution < -0.4 is 0 Å². The average Bonchev–Trinajstić information content (AvgIpc) is 2.79. The van der Waals surface area contributed by atoms with Crippen LogP contribution in [0.3, 0.4) is 0 Å². The lowest BCUT2D eigenvalue weighted by Gasteiger charge is -2.23. The van der Waals surface area contributed by atoms with Crippen molar-refractivity contribution in [2.75, 3.05) is 0 Å². The third kappa shape index (κ3) is 3.05. The van der Waals surface area contributed by atoms with E-state index >= 15 is 0 Å². The zero-order chi connectivity index (χ0) is 15.0. The molecule has 0 radical (unpaired) electrons. The highest BCUT2D eigenvalue weighted by molar-refractivity contribution is 9.13. The van der Waals surface area contributed by atoms with Crippen LogP contribution in [-0.2, 0) is 0 Å². The van der Waals surface area contributed by atoms with Gasteiger partial charge in [0.2, 0.25) is 0 Å². The van der Waals surface area contributed by atoms with E-state index in [0.29, 0.717) is 11.0 Å². The standard InChI is InChI=1S/C12H14Br2N2O4/c1-4(17)9(18)10(19)11(20)12-15-7-2-5(13)6(14)3-8(7)16-12/h2-4,9-11,17-20H,1H3,(H,15,16)/t4?,9?,10?,11-/m0/s1. The molecule has 1 aromatic carbocycles. The van der Waals surface area contributed by atoms with E-state index in [-0.39, 0.29) is 5.82 Å². The molecule has 2 rings (SSSR count). The van der Waals surface area contributed by atoms with Crippen molar-refractivity contribution >= 4 is 42.9 Å². The van der Waals surface area contributed by atoms with E-state index in [4.69, 9.17) is 0 Å². The van der Waals surface area contributed by atoms with Crippen molar-refractivity contribution in [3.05, 3.63) is 26.9 Å². The number of rotatable bonds is 4. The number of H-pyrrole nitrogens is 1. The number of hydrogen-bond acceptors (Lipinski definition) is 5. The van der Waals surface area contributed by atoms with E-state index in [1.165, 1.54) is 6.92 Å². The minimum absolute atomic E-state index is 0.122. The average molecular weight is 410 g/mol. The molecule has 0 saturated heterocycles. The SMILES string of the molecule is CC(O)C(O)C(O)[C@H](O)c1nc2cc(Br)c(Br)cc2[nH]1. The summed E-state index contributed by atoms with van der Waals surface area (Å²) in [5.41, 5.74) is 1.28. The summed E-state index contributed by atoms with van der Waals surface area (Å²) in [4.78, 5) is 7.04. The van der Waals surface area contributed by atoms with Crippen molar-refractivity contribution in [1.82, 2.24) is 9.97 Å². The molecule has 5 N–H and O–H groups in total. The first-order chi connectivity index (χ1) is 9.31. The van der Waals surface area contributed by atoms with Gasteiger partial charge in [-0.15, -0.1) is 0 Å². The van der Waals surface area contributed by atoms with Crippen LogP contribution in [0.4, 0.5) is 0 Å². The van der Waals surface area contributed by atoms with Crippen LogP contribution >= 0.6 is 31.9 Å². The van der Waals surface area contributed by atoms with Crippen molar-refractivity contribution in [2.45, 2.75) is 31.3 Å². The van der Waals surface area contributed by atoms with Gasteiger partial charge in [0, 0.05) is 8.95 Å². The van der Waals surface area contributed by atoms with Gasteiger partial charge in [0.1, 0.15) is 24.1 Å². The third-order valence-corrected chi connectivity index (χ3v) is 4.83. The fourth-order valence-corrected chi connectivity index (χ4v) is 2.47. The highest BCUT2D eigenvalue weighted by Crippen LogP contribution is 2.29. The molecule has 3 unspecified atom stereocenters. The van der Waals surface area contributed by atoms with Crippen LogP contribution in [-0.4, -0.2) is 48.7 Å². The number of nitrogens with zero attached hydrogens (tertiary/aromatic N) is 1. The quantitative estimate of drug-likeness (QED) is 0.521. The maximum absolute atomic E-state index is 10.0. The Bertz CT molecular complexity index is 578. The van der Waals surface area contributed by atoms with Crippen LogP contribution in [0, 0.1) is 0 Å². The highest BCUT2D eigenvalue weighted by Gasteiger charge is 2.31. The van der Waals surface area contributed by atoms with Crippen LogP contribution in [0.15, 0.2) is 21.1 Å². The first kappa shape index (κ1) is 15.9. The molecule has 0 aliphatic rings. The summed E-state index contributed by atoms with van der Waals surface area (Å²) in [7, 11) is 0. The molecule has 0 aliphatic heterocycles. The zero-order valence-electron chi connectivity index (χ0n) is 10.5. The number of aliphatic hydroxyl groups is 4. The lowest BCUT2D eigenvalue weighted by atomic mass is 10.0. The predicted molar refractivity (Wildman–Crippen MR) is 80.1 cm³/mol. The normalized spacial score (nSPS) is 17.9. The van der Waals surface area contributed by atoms with Gasteiger partial charge in [0.05, 0.1) is 17.1 Å². The minimum atomic E-state index is -1.54. The molecule has 4 atom stereocenters. The van der Waals surface area contributed by atoms with Gasteiger partial charge in [-0.2, -0.15) is 0 Å². The highest BCUT2D eigenvalue weighted by atomic mass is 79.9. The molecule has 20 heavy (non-hydrogen) atoms. The number of imidazole rings is 1. The Morgan fingerprint density at radius 3 is 2.25 bits per heavy atom. The molecule has 110 valence electrons. The Morgan fingerprint density at radius 1 is 1.05 bits per heavy atom. The lowest BCUT2D eigenvalue weighted by molar-refractivity contribution is -0.103. The fourth-order valence-electron chi connectivity index (χ4n) is 1.80. The zero-order valence-corrected chi connectivity index (χ0v) is 13.6. The van der Waals surface area contributed by atoms with Gasteiger partial charge in [-0.1, -0.05) is 0 Å². The summed E-state index contributed by atoms with van der Waals surface area (Å²) in [6.45, 7) is 1.33. The van der Waals surface area contributed by atoms with Gasteiger partial charge >= 0.3 is 0 Å². The number of halogens is 2. The van der Waals surface area contributed by atoms with E-state index in [1.807, 2.05) is 0 Å². The third-order valence-electron chi connectivity index (χ3n) is 2.99. The number of nitrogens with one attached hydrogen (secondary N) is 1. The predicted octanol–water partition coefficient (Wildman–Crippen LogP) is 1.22. The fraction of sp³-hybridized carbons (Fsp3) is 0.417. The van der Waals surface area contributed by atoms with Crippen molar-refractivity contribution in [2.24, 2.45) is 0 Å². The van der Waals surface area contributed by atoms with Gasteiger partial charge < -0.3 is 25.4 Å². The number of aliphatic hydroxyl groups excluding tert-OH is 4. The molecule has 2 aromatic rings. The maximum atomic E-state index is 10.0. The smallest absolute Gasteiger partial charge is 0.140 e. The second kappa shape index (κ2) is 6.08. The van der Waals surface area contributed by atoms with Crippen LogP contribution in [0.2, 0.25) is 0 Å². The minimum Gasteiger partial charge on any atom is -0.391 e. The van der Waals surface area contributed by atoms with E-state index in [1.54, 1.807) is 12.1 Å². The maximum Gasteiger partial charge on any atom is 0.140 e. The molecule has 0 saturated carbocycles. The van der Waals surface area contributed by atoms with Crippen molar-refractivity contribution in [1.29, 1.82) is 0 Å². The molecule has 6 nitrogen and oxygen atoms in total. The number of aromatic nitrogens is 2. The summed E-state index contributed by atoms with van der Waals surface area (Å²) >= 11 is 6.70. The van der Waals surface area contributed by atoms with Gasteiger partial charge in [-0.3, -0.25) is 0 Å². The van der Waals surface area contributed by atoms with E-state index < -0.39 is 24.4 Å². The number of benzene rings is 1. The Kier molecular flexibility index (Phi) is 4.83. The second-order valence-corrected chi connectivity index (χ2v) is 6.28. The topological polar surface area (TPSA) is 110 Å². The summed E-state index contributed by atoms with van der Waals surface area (Å²) in [5, 5.41) is 38.6. The van der Waals surface area contributed by atoms with Gasteiger partial charge in [-0.05, 0) is 50.9 Å². The summed E-state index contributed by atoms with van der Waals surface area (Å²) in [6, 6.07) is 3.53. The first-order valence-corrected chi connectivity index (χ1v) is 7.46. The van der Waals surface area contributed by atoms with Crippen LogP contribution in [0.5, 0.6) is 0 Å². The molecule has 1 aromatic heterocycles. The number of aromatic amines is 1. The molecule has 0 aliphatic carbocycles. The number of hydrogen-bond donors (Lipinski definition) is 5. The molecular formula is C12H14Br2N2O4. The van der Waals surface area contributed by atoms with Crippen LogP contribution in [0.25, 0.3) is 11.0 Å². The molecule has 1 heterocycles. The van der Waals surface area contributed by atoms with E-state index in [2.05, 4.69) is 41.8 Å². The van der Waals surface area contributed by atoms with Gasteiger partial charge in [0.15, 0.2) is 0 Å². The van der Waals surface area contributed by atoms with Crippen molar-refractivity contribution in [3.63, 3.8) is 0 Å². The van der Waals surface area contributed by atoms with Crippen molar-refractivity contribution < 1.29 is 20.4 Å². The molecule has 8 heteroatoms. The van der Waals surface area contributed by atoms with Gasteiger partial charge in [0.25, 0.3) is 0 Å². The molecule has 0 amide bonds. The Balaban J connectivity index is 2.33. The van der Waals surface area contributed by atoms with E-state index in [0.717, 1.165) is 8.95 Å². The molecule has 0 bridgehead atoms. The molecule has 0 fully saturated rings. The van der Waals surface area contributed by atoms with E-state index in [9.17, 15) is 20.4 Å².